The van der Waals surface area contributed by atoms with Crippen molar-refractivity contribution in [2.24, 2.45) is 0 Å². The monoisotopic (exact) mass is 339 g/mol. The van der Waals surface area contributed by atoms with Crippen LogP contribution in [0.1, 0.15) is 30.6 Å². The number of benzene rings is 2. The number of aryl methyl sites for hydroxylation is 1. The maximum atomic E-state index is 13.6. The normalized spacial score (nSPS) is 13.2. The van der Waals surface area contributed by atoms with Crippen LogP contribution in [0.3, 0.4) is 0 Å². The van der Waals surface area contributed by atoms with E-state index in [9.17, 15) is 14.6 Å². The smallest absolute Gasteiger partial charge is 0.129 e. The van der Waals surface area contributed by atoms with Crippen molar-refractivity contribution in [3.8, 4) is 5.75 Å². The zero-order valence-corrected chi connectivity index (χ0v) is 13.9. The molecule has 5 heteroatoms. The van der Waals surface area contributed by atoms with E-state index in [1.165, 1.54) is 6.07 Å². The molecule has 3 N–H and O–H groups in total. The van der Waals surface area contributed by atoms with E-state index in [0.717, 1.165) is 18.4 Å². The summed E-state index contributed by atoms with van der Waals surface area (Å²) in [7, 11) is 0. The molecular formula is C18H23ClFNO2. The fourth-order valence-corrected chi connectivity index (χ4v) is 2.32. The first-order valence-corrected chi connectivity index (χ1v) is 7.50. The molecule has 23 heavy (non-hydrogen) atoms. The van der Waals surface area contributed by atoms with Crippen LogP contribution < -0.4 is 5.32 Å². The van der Waals surface area contributed by atoms with E-state index in [1.54, 1.807) is 30.3 Å². The second kappa shape index (κ2) is 9.50. The summed E-state index contributed by atoms with van der Waals surface area (Å²) >= 11 is 0. The van der Waals surface area contributed by atoms with Gasteiger partial charge in [0.05, 0.1) is 6.10 Å². The van der Waals surface area contributed by atoms with E-state index in [2.05, 4.69) is 5.32 Å². The number of hydrogen-bond donors (Lipinski definition) is 3. The summed E-state index contributed by atoms with van der Waals surface area (Å²) in [5, 5.41) is 22.5. The highest BCUT2D eigenvalue weighted by Crippen LogP contribution is 2.16. The Morgan fingerprint density at radius 3 is 2.39 bits per heavy atom. The van der Waals surface area contributed by atoms with E-state index in [1.807, 2.05) is 19.1 Å². The Morgan fingerprint density at radius 2 is 1.74 bits per heavy atom. The number of nitrogens with one attached hydrogen (secondary N) is 1. The minimum absolute atomic E-state index is 0. The van der Waals surface area contributed by atoms with Crippen molar-refractivity contribution in [1.82, 2.24) is 5.32 Å². The largest absolute Gasteiger partial charge is 0.508 e. The summed E-state index contributed by atoms with van der Waals surface area (Å²) in [6, 6.07) is 13.6. The van der Waals surface area contributed by atoms with Crippen molar-refractivity contribution in [2.75, 3.05) is 6.54 Å². The lowest BCUT2D eigenvalue weighted by atomic mass is 10.0. The topological polar surface area (TPSA) is 52.5 Å². The van der Waals surface area contributed by atoms with Gasteiger partial charge in [-0.15, -0.1) is 12.4 Å². The maximum Gasteiger partial charge on any atom is 0.129 e. The molecular weight excluding hydrogens is 317 g/mol. The summed E-state index contributed by atoms with van der Waals surface area (Å²) in [4.78, 5) is 0. The van der Waals surface area contributed by atoms with Gasteiger partial charge in [-0.05, 0) is 43.5 Å². The highest BCUT2D eigenvalue weighted by molar-refractivity contribution is 5.85. The Balaban J connectivity index is 0.00000264. The second-order valence-corrected chi connectivity index (χ2v) is 5.55. The molecule has 0 bridgehead atoms. The Hall–Kier alpha value is -1.62. The Morgan fingerprint density at radius 1 is 1.09 bits per heavy atom. The van der Waals surface area contributed by atoms with Gasteiger partial charge in [0.25, 0.3) is 0 Å². The Kier molecular flexibility index (Phi) is 8.03. The molecule has 0 saturated carbocycles. The van der Waals surface area contributed by atoms with Crippen molar-refractivity contribution >= 4 is 12.4 Å². The summed E-state index contributed by atoms with van der Waals surface area (Å²) < 4.78 is 13.6. The third-order valence-electron chi connectivity index (χ3n) is 3.73. The van der Waals surface area contributed by atoms with Crippen molar-refractivity contribution in [2.45, 2.75) is 31.9 Å². The number of aliphatic hydroxyl groups is 1. The summed E-state index contributed by atoms with van der Waals surface area (Å²) in [5.41, 5.74) is 1.47. The van der Waals surface area contributed by atoms with Crippen molar-refractivity contribution in [3.05, 3.63) is 65.5 Å². The van der Waals surface area contributed by atoms with Gasteiger partial charge in [-0.1, -0.05) is 30.3 Å². The number of rotatable bonds is 7. The third-order valence-corrected chi connectivity index (χ3v) is 3.73. The average Bonchev–Trinajstić information content (AvgIpc) is 2.52. The van der Waals surface area contributed by atoms with Crippen LogP contribution in [0.2, 0.25) is 0 Å². The molecule has 3 nitrogen and oxygen atoms in total. The molecule has 0 unspecified atom stereocenters. The molecule has 0 aliphatic rings. The molecule has 2 atom stereocenters. The first-order chi connectivity index (χ1) is 10.6. The van der Waals surface area contributed by atoms with Crippen LogP contribution in [0.5, 0.6) is 5.75 Å². The number of phenolic OH excluding ortho intramolecular Hbond substituents is 1. The standard InChI is InChI=1S/C18H22FNO2.ClH/c1-13(6-7-14-8-10-15(21)11-9-14)20-12-18(22)16-4-2-3-5-17(16)19;/h2-5,8-11,13,18,20-22H,6-7,12H2,1H3;1H/t13-,18+;/m1./s1. The van der Waals surface area contributed by atoms with Crippen LogP contribution >= 0.6 is 12.4 Å². The fourth-order valence-electron chi connectivity index (χ4n) is 2.32. The van der Waals surface area contributed by atoms with Crippen molar-refractivity contribution in [1.29, 1.82) is 0 Å². The minimum Gasteiger partial charge on any atom is -0.508 e. The van der Waals surface area contributed by atoms with Gasteiger partial charge in [-0.2, -0.15) is 0 Å². The van der Waals surface area contributed by atoms with Gasteiger partial charge in [0.2, 0.25) is 0 Å². The highest BCUT2D eigenvalue weighted by atomic mass is 35.5. The average molecular weight is 340 g/mol. The van der Waals surface area contributed by atoms with Crippen LogP contribution in [-0.4, -0.2) is 22.8 Å². The van der Waals surface area contributed by atoms with Gasteiger partial charge in [0.15, 0.2) is 0 Å². The van der Waals surface area contributed by atoms with E-state index in [4.69, 9.17) is 0 Å². The Labute approximate surface area is 142 Å². The number of aromatic hydroxyl groups is 1. The Bertz CT molecular complexity index is 592. The lowest BCUT2D eigenvalue weighted by molar-refractivity contribution is 0.165. The summed E-state index contributed by atoms with van der Waals surface area (Å²) in [5.74, 6) is -0.114. The number of phenols is 1. The van der Waals surface area contributed by atoms with E-state index in [-0.39, 0.29) is 30.0 Å². The molecule has 0 heterocycles. The molecule has 126 valence electrons. The predicted octanol–water partition coefficient (Wildman–Crippen LogP) is 3.60. The maximum absolute atomic E-state index is 13.6. The number of aliphatic hydroxyl groups excluding tert-OH is 1. The molecule has 0 aliphatic carbocycles. The van der Waals surface area contributed by atoms with Crippen LogP contribution in [0.15, 0.2) is 48.5 Å². The zero-order chi connectivity index (χ0) is 15.9. The first kappa shape index (κ1) is 19.4. The quantitative estimate of drug-likeness (QED) is 0.722. The predicted molar refractivity (Wildman–Crippen MR) is 92.5 cm³/mol. The van der Waals surface area contributed by atoms with Gasteiger partial charge in [-0.25, -0.2) is 4.39 Å². The molecule has 0 spiro atoms. The first-order valence-electron chi connectivity index (χ1n) is 7.50. The SMILES string of the molecule is C[C@H](CCc1ccc(O)cc1)NC[C@H](O)c1ccccc1F.Cl. The lowest BCUT2D eigenvalue weighted by Crippen LogP contribution is -2.31. The van der Waals surface area contributed by atoms with Crippen LogP contribution in [0, 0.1) is 5.82 Å². The van der Waals surface area contributed by atoms with E-state index < -0.39 is 6.10 Å². The molecule has 2 aromatic rings. The van der Waals surface area contributed by atoms with Crippen molar-refractivity contribution < 1.29 is 14.6 Å². The summed E-state index contributed by atoms with van der Waals surface area (Å²) in [6.07, 6.45) is 0.927. The van der Waals surface area contributed by atoms with Gasteiger partial charge >= 0.3 is 0 Å². The van der Waals surface area contributed by atoms with Gasteiger partial charge in [0.1, 0.15) is 11.6 Å². The minimum atomic E-state index is -0.850. The number of halogens is 2. The molecule has 0 saturated heterocycles. The molecule has 2 rings (SSSR count). The molecule has 2 aromatic carbocycles. The molecule has 0 fully saturated rings. The van der Waals surface area contributed by atoms with E-state index in [0.29, 0.717) is 12.1 Å². The molecule has 0 amide bonds. The van der Waals surface area contributed by atoms with Crippen LogP contribution in [0.4, 0.5) is 4.39 Å². The fraction of sp³-hybridized carbons (Fsp3) is 0.333. The zero-order valence-electron chi connectivity index (χ0n) is 13.1. The molecule has 0 aromatic heterocycles. The molecule has 0 aliphatic heterocycles. The highest BCUT2D eigenvalue weighted by Gasteiger charge is 2.13. The summed E-state index contributed by atoms with van der Waals surface area (Å²) in [6.45, 7) is 2.35. The van der Waals surface area contributed by atoms with Crippen LogP contribution in [0.25, 0.3) is 0 Å². The van der Waals surface area contributed by atoms with Crippen LogP contribution in [-0.2, 0) is 6.42 Å². The second-order valence-electron chi connectivity index (χ2n) is 5.55. The van der Waals surface area contributed by atoms with Gasteiger partial charge in [-0.3, -0.25) is 0 Å². The van der Waals surface area contributed by atoms with Gasteiger partial charge < -0.3 is 15.5 Å². The third kappa shape index (κ3) is 6.18. The van der Waals surface area contributed by atoms with Crippen molar-refractivity contribution in [3.63, 3.8) is 0 Å². The molecule has 0 radical (unpaired) electrons. The number of hydrogen-bond acceptors (Lipinski definition) is 3. The van der Waals surface area contributed by atoms with E-state index >= 15 is 0 Å². The van der Waals surface area contributed by atoms with Gasteiger partial charge in [0, 0.05) is 18.2 Å². The lowest BCUT2D eigenvalue weighted by Gasteiger charge is -2.18.